The fraction of sp³-hybridized carbons (Fsp3) is 1.00. The van der Waals surface area contributed by atoms with Crippen molar-refractivity contribution < 1.29 is 34.3 Å². The molecule has 0 bridgehead atoms. The molecule has 2 nitrogen and oxygen atoms in total. The Hall–Kier alpha value is 1.27. The second-order valence-electron chi connectivity index (χ2n) is 1.22. The van der Waals surface area contributed by atoms with E-state index in [2.05, 4.69) is 0 Å². The molecular formula is C4H8Cl2MgO2. The third-order valence-corrected chi connectivity index (χ3v) is 0.744. The number of hydrogen-bond acceptors (Lipinski definition) is 2. The van der Waals surface area contributed by atoms with Crippen molar-refractivity contribution in [2.45, 2.75) is 0 Å². The zero-order valence-electron chi connectivity index (χ0n) is 5.11. The Bertz CT molecular complexity index is 32.0. The molecule has 0 aromatic heterocycles. The molecule has 0 amide bonds. The molecule has 9 heavy (non-hydrogen) atoms. The fourth-order valence-corrected chi connectivity index (χ4v) is 0.440. The Kier molecular flexibility index (Phi) is 22.2. The normalized spacial score (nSPS) is 16.0. The minimum Gasteiger partial charge on any atom is -1.00 e. The summed E-state index contributed by atoms with van der Waals surface area (Å²) in [6, 6.07) is 0. The molecule has 0 spiro atoms. The molecule has 1 fully saturated rings. The molecule has 0 radical (unpaired) electrons. The summed E-state index contributed by atoms with van der Waals surface area (Å²) in [5, 5.41) is 0. The molecule has 0 saturated carbocycles. The van der Waals surface area contributed by atoms with Gasteiger partial charge < -0.3 is 34.3 Å². The van der Waals surface area contributed by atoms with Crippen molar-refractivity contribution in [2.24, 2.45) is 0 Å². The quantitative estimate of drug-likeness (QED) is 0.348. The van der Waals surface area contributed by atoms with E-state index in [1.54, 1.807) is 0 Å². The van der Waals surface area contributed by atoms with Crippen LogP contribution in [0.1, 0.15) is 0 Å². The van der Waals surface area contributed by atoms with E-state index in [1.807, 2.05) is 0 Å². The van der Waals surface area contributed by atoms with Crippen LogP contribution in [0, 0.1) is 0 Å². The van der Waals surface area contributed by atoms with Gasteiger partial charge in [0.15, 0.2) is 0 Å². The van der Waals surface area contributed by atoms with Crippen molar-refractivity contribution in [2.75, 3.05) is 26.4 Å². The molecule has 1 saturated heterocycles. The first-order valence-corrected chi connectivity index (χ1v) is 2.15. The Morgan fingerprint density at radius 3 is 1.00 bits per heavy atom. The van der Waals surface area contributed by atoms with Crippen molar-refractivity contribution in [3.8, 4) is 0 Å². The predicted molar refractivity (Wildman–Crippen MR) is 27.4 cm³/mol. The molecule has 1 heterocycles. The average molecular weight is 183 g/mol. The standard InChI is InChI=1S/C4H8O2.2ClH.Mg/c1-2-6-4-3-5-1;;;/h1-4H2;2*1H;/q;;;+2/p-2. The van der Waals surface area contributed by atoms with Crippen LogP contribution in [0.25, 0.3) is 0 Å². The molecule has 5 heteroatoms. The van der Waals surface area contributed by atoms with E-state index >= 15 is 0 Å². The van der Waals surface area contributed by atoms with Gasteiger partial charge in [-0.25, -0.2) is 0 Å². The van der Waals surface area contributed by atoms with Crippen LogP contribution < -0.4 is 24.8 Å². The fourth-order valence-electron chi connectivity index (χ4n) is 0.440. The summed E-state index contributed by atoms with van der Waals surface area (Å²) in [6.07, 6.45) is 0. The largest absolute Gasteiger partial charge is 2.00 e. The zero-order chi connectivity index (χ0) is 4.24. The molecule has 1 rings (SSSR count). The van der Waals surface area contributed by atoms with Gasteiger partial charge in [0.05, 0.1) is 26.4 Å². The molecule has 52 valence electrons. The van der Waals surface area contributed by atoms with Crippen molar-refractivity contribution >= 4 is 23.1 Å². The van der Waals surface area contributed by atoms with Crippen molar-refractivity contribution in [1.82, 2.24) is 0 Å². The van der Waals surface area contributed by atoms with Crippen LogP contribution in [0.3, 0.4) is 0 Å². The van der Waals surface area contributed by atoms with Crippen LogP contribution in [-0.4, -0.2) is 49.5 Å². The summed E-state index contributed by atoms with van der Waals surface area (Å²) in [7, 11) is 0. The van der Waals surface area contributed by atoms with Gasteiger partial charge in [-0.15, -0.1) is 0 Å². The number of ether oxygens (including phenoxy) is 2. The van der Waals surface area contributed by atoms with E-state index in [-0.39, 0.29) is 47.9 Å². The summed E-state index contributed by atoms with van der Waals surface area (Å²) >= 11 is 0. The summed E-state index contributed by atoms with van der Waals surface area (Å²) in [5.41, 5.74) is 0. The minimum atomic E-state index is 0. The van der Waals surface area contributed by atoms with E-state index in [4.69, 9.17) is 9.47 Å². The van der Waals surface area contributed by atoms with Gasteiger partial charge in [0, 0.05) is 0 Å². The first-order valence-electron chi connectivity index (χ1n) is 2.15. The molecule has 1 aliphatic rings. The summed E-state index contributed by atoms with van der Waals surface area (Å²) < 4.78 is 9.89. The summed E-state index contributed by atoms with van der Waals surface area (Å²) in [5.74, 6) is 0. The van der Waals surface area contributed by atoms with Crippen LogP contribution >= 0.6 is 0 Å². The van der Waals surface area contributed by atoms with Crippen molar-refractivity contribution in [3.63, 3.8) is 0 Å². The molecule has 0 aliphatic carbocycles. The van der Waals surface area contributed by atoms with Gasteiger partial charge in [-0.05, 0) is 0 Å². The molecular weight excluding hydrogens is 175 g/mol. The molecule has 0 N–H and O–H groups in total. The van der Waals surface area contributed by atoms with E-state index in [1.165, 1.54) is 0 Å². The first kappa shape index (κ1) is 16.7. The molecule has 0 atom stereocenters. The van der Waals surface area contributed by atoms with Crippen LogP contribution in [0.15, 0.2) is 0 Å². The third-order valence-electron chi connectivity index (χ3n) is 0.744. The number of halogens is 2. The van der Waals surface area contributed by atoms with E-state index < -0.39 is 0 Å². The average Bonchev–Trinajstić information content (AvgIpc) is 1.72. The maximum absolute atomic E-state index is 4.94. The Balaban J connectivity index is -0.000000120. The van der Waals surface area contributed by atoms with Gasteiger partial charge in [0.1, 0.15) is 0 Å². The van der Waals surface area contributed by atoms with Gasteiger partial charge >= 0.3 is 23.1 Å². The maximum atomic E-state index is 4.94. The van der Waals surface area contributed by atoms with Gasteiger partial charge in [0.25, 0.3) is 0 Å². The van der Waals surface area contributed by atoms with Gasteiger partial charge in [0.2, 0.25) is 0 Å². The van der Waals surface area contributed by atoms with Crippen LogP contribution in [0.2, 0.25) is 0 Å². The smallest absolute Gasteiger partial charge is 1.00 e. The first-order chi connectivity index (χ1) is 3.00. The minimum absolute atomic E-state index is 0. The number of hydrogen-bond donors (Lipinski definition) is 0. The summed E-state index contributed by atoms with van der Waals surface area (Å²) in [6.45, 7) is 3.11. The monoisotopic (exact) mass is 182 g/mol. The molecule has 0 aromatic rings. The van der Waals surface area contributed by atoms with Crippen LogP contribution in [-0.2, 0) is 9.47 Å². The molecule has 1 aliphatic heterocycles. The maximum Gasteiger partial charge on any atom is 2.00 e. The van der Waals surface area contributed by atoms with Crippen LogP contribution in [0.4, 0.5) is 0 Å². The van der Waals surface area contributed by atoms with Gasteiger partial charge in [-0.3, -0.25) is 0 Å². The van der Waals surface area contributed by atoms with Crippen LogP contribution in [0.5, 0.6) is 0 Å². The Morgan fingerprint density at radius 2 is 0.889 bits per heavy atom. The second-order valence-corrected chi connectivity index (χ2v) is 1.22. The molecule has 0 aromatic carbocycles. The van der Waals surface area contributed by atoms with Crippen molar-refractivity contribution in [3.05, 3.63) is 0 Å². The van der Waals surface area contributed by atoms with Gasteiger partial charge in [-0.1, -0.05) is 0 Å². The SMILES string of the molecule is C1COCCO1.[Cl-].[Cl-].[Mg+2]. The van der Waals surface area contributed by atoms with E-state index in [0.717, 1.165) is 26.4 Å². The summed E-state index contributed by atoms with van der Waals surface area (Å²) in [4.78, 5) is 0. The number of rotatable bonds is 0. The predicted octanol–water partition coefficient (Wildman–Crippen LogP) is -6.34. The Morgan fingerprint density at radius 1 is 0.667 bits per heavy atom. The Labute approximate surface area is 83.6 Å². The molecule has 0 unspecified atom stereocenters. The third kappa shape index (κ3) is 9.27. The van der Waals surface area contributed by atoms with Crippen molar-refractivity contribution in [1.29, 1.82) is 0 Å². The second kappa shape index (κ2) is 12.0. The van der Waals surface area contributed by atoms with E-state index in [0.29, 0.717) is 0 Å². The zero-order valence-corrected chi connectivity index (χ0v) is 8.03. The van der Waals surface area contributed by atoms with E-state index in [9.17, 15) is 0 Å². The van der Waals surface area contributed by atoms with Gasteiger partial charge in [-0.2, -0.15) is 0 Å². The topological polar surface area (TPSA) is 18.5 Å².